The first-order valence-corrected chi connectivity index (χ1v) is 10.6. The van der Waals surface area contributed by atoms with E-state index in [1.165, 1.54) is 12.6 Å². The van der Waals surface area contributed by atoms with Crippen LogP contribution in [0.4, 0.5) is 0 Å². The molecule has 1 rings (SSSR count). The van der Waals surface area contributed by atoms with Crippen molar-refractivity contribution in [2.45, 2.75) is 25.9 Å². The summed E-state index contributed by atoms with van der Waals surface area (Å²) in [5.41, 5.74) is 1.02. The van der Waals surface area contributed by atoms with Crippen LogP contribution in [0.1, 0.15) is 20.3 Å². The van der Waals surface area contributed by atoms with Crippen molar-refractivity contribution in [1.29, 1.82) is 0 Å². The molecule has 1 aliphatic heterocycles. The smallest absolute Gasteiger partial charge is 0.0167 e. The van der Waals surface area contributed by atoms with Crippen molar-refractivity contribution in [3.8, 4) is 0 Å². The van der Waals surface area contributed by atoms with Gasteiger partial charge in [-0.25, -0.2) is 0 Å². The molecular formula is C6H16P4. The lowest BCUT2D eigenvalue weighted by Crippen LogP contribution is -2.01. The summed E-state index contributed by atoms with van der Waals surface area (Å²) in [5.74, 6) is 0.997. The third kappa shape index (κ3) is 2.11. The Kier molecular flexibility index (Phi) is 4.02. The van der Waals surface area contributed by atoms with Gasteiger partial charge in [0.1, 0.15) is 0 Å². The van der Waals surface area contributed by atoms with Gasteiger partial charge in [-0.1, -0.05) is 21.5 Å². The molecule has 5 unspecified atom stereocenters. The fraction of sp³-hybridized carbons (Fsp3) is 1.00. The Labute approximate surface area is 70.9 Å². The van der Waals surface area contributed by atoms with Crippen molar-refractivity contribution in [1.82, 2.24) is 0 Å². The molecule has 0 aliphatic carbocycles. The van der Waals surface area contributed by atoms with Crippen LogP contribution in [0.15, 0.2) is 0 Å². The minimum atomic E-state index is 0.231. The third-order valence-electron chi connectivity index (χ3n) is 2.40. The fourth-order valence-corrected chi connectivity index (χ4v) is 12.7. The molecule has 0 saturated carbocycles. The van der Waals surface area contributed by atoms with Crippen LogP contribution in [-0.2, 0) is 0 Å². The lowest BCUT2D eigenvalue weighted by molar-refractivity contribution is 0.589. The molecule has 1 aliphatic rings. The maximum absolute atomic E-state index is 3.00. The quantitative estimate of drug-likeness (QED) is 0.578. The summed E-state index contributed by atoms with van der Waals surface area (Å²) in [6, 6.07) is 0. The number of rotatable bonds is 1. The van der Waals surface area contributed by atoms with Crippen molar-refractivity contribution >= 4 is 32.5 Å². The van der Waals surface area contributed by atoms with Gasteiger partial charge in [0, 0.05) is 0 Å². The van der Waals surface area contributed by atoms with Crippen molar-refractivity contribution in [3.63, 3.8) is 0 Å². The zero-order chi connectivity index (χ0) is 7.72. The van der Waals surface area contributed by atoms with E-state index < -0.39 is 0 Å². The fourth-order valence-electron chi connectivity index (χ4n) is 1.40. The van der Waals surface area contributed by atoms with Crippen LogP contribution in [0.5, 0.6) is 0 Å². The molecule has 1 heterocycles. The highest BCUT2D eigenvalue weighted by molar-refractivity contribution is 8.72. The Balaban J connectivity index is 2.49. The van der Waals surface area contributed by atoms with Crippen LogP contribution >= 0.6 is 32.5 Å². The van der Waals surface area contributed by atoms with Gasteiger partial charge in [0.15, 0.2) is 0 Å². The normalized spacial score (nSPS) is 41.1. The van der Waals surface area contributed by atoms with Crippen molar-refractivity contribution in [3.05, 3.63) is 0 Å². The van der Waals surface area contributed by atoms with Crippen LogP contribution in [-0.4, -0.2) is 11.8 Å². The zero-order valence-electron chi connectivity index (χ0n) is 6.62. The molecule has 10 heavy (non-hydrogen) atoms. The van der Waals surface area contributed by atoms with Gasteiger partial charge in [0.25, 0.3) is 0 Å². The highest BCUT2D eigenvalue weighted by Gasteiger charge is 2.31. The average molecular weight is 212 g/mol. The highest BCUT2D eigenvalue weighted by Crippen LogP contribution is 2.83. The molecule has 0 nitrogen and oxygen atoms in total. The Bertz CT molecular complexity index is 114. The van der Waals surface area contributed by atoms with E-state index in [-0.39, 0.29) is 6.99 Å². The molecule has 0 bridgehead atoms. The average Bonchev–Trinajstić information content (AvgIpc) is 2.14. The topological polar surface area (TPSA) is 0 Å². The van der Waals surface area contributed by atoms with Crippen molar-refractivity contribution < 1.29 is 0 Å². The minimum absolute atomic E-state index is 0.231. The van der Waals surface area contributed by atoms with E-state index in [0.29, 0.717) is 7.61 Å². The first-order valence-electron chi connectivity index (χ1n) is 3.69. The number of hydrogen-bond donors (Lipinski definition) is 0. The van der Waals surface area contributed by atoms with Gasteiger partial charge < -0.3 is 0 Å². The summed E-state index contributed by atoms with van der Waals surface area (Å²) in [5, 5.41) is 0. The SMILES string of the molecule is CC1CCP(P(P)P)C1C. The minimum Gasteiger partial charge on any atom is -0.103 e. The molecule has 0 amide bonds. The van der Waals surface area contributed by atoms with Gasteiger partial charge >= 0.3 is 0 Å². The van der Waals surface area contributed by atoms with Crippen LogP contribution in [0.3, 0.4) is 0 Å². The zero-order valence-corrected chi connectivity index (χ0v) is 10.7. The van der Waals surface area contributed by atoms with E-state index in [1.807, 2.05) is 0 Å². The molecule has 0 radical (unpaired) electrons. The van der Waals surface area contributed by atoms with Crippen LogP contribution < -0.4 is 0 Å². The Morgan fingerprint density at radius 3 is 2.20 bits per heavy atom. The first kappa shape index (κ1) is 9.81. The van der Waals surface area contributed by atoms with E-state index in [1.54, 1.807) is 0 Å². The second kappa shape index (κ2) is 4.10. The largest absolute Gasteiger partial charge is 0.103 e. The van der Waals surface area contributed by atoms with E-state index in [4.69, 9.17) is 0 Å². The Hall–Kier alpha value is 1.72. The molecule has 0 aromatic heterocycles. The highest BCUT2D eigenvalue weighted by atomic mass is 32.7. The second-order valence-corrected chi connectivity index (χ2v) is 16.6. The van der Waals surface area contributed by atoms with Crippen LogP contribution in [0.25, 0.3) is 0 Å². The Morgan fingerprint density at radius 2 is 2.00 bits per heavy atom. The van der Waals surface area contributed by atoms with Crippen molar-refractivity contribution in [2.75, 3.05) is 6.16 Å². The third-order valence-corrected chi connectivity index (χ3v) is 14.0. The maximum atomic E-state index is 3.00. The molecule has 4 heteroatoms. The molecule has 5 atom stereocenters. The van der Waals surface area contributed by atoms with E-state index >= 15 is 0 Å². The standard InChI is InChI=1S/C6H16P4/c1-5-3-4-9(6(5)2)10(7)8/h5-6H,3-4,7-8H2,1-2H3. The van der Waals surface area contributed by atoms with Crippen LogP contribution in [0.2, 0.25) is 0 Å². The van der Waals surface area contributed by atoms with Crippen molar-refractivity contribution in [2.24, 2.45) is 5.92 Å². The molecule has 0 aromatic carbocycles. The predicted molar refractivity (Wildman–Crippen MR) is 61.4 cm³/mol. The van der Waals surface area contributed by atoms with Gasteiger partial charge in [-0.15, -0.1) is 17.9 Å². The van der Waals surface area contributed by atoms with E-state index in [2.05, 4.69) is 31.7 Å². The monoisotopic (exact) mass is 212 g/mol. The molecular weight excluding hydrogens is 196 g/mol. The predicted octanol–water partition coefficient (Wildman–Crippen LogP) is 3.87. The Morgan fingerprint density at radius 1 is 1.40 bits per heavy atom. The molecule has 1 saturated heterocycles. The summed E-state index contributed by atoms with van der Waals surface area (Å²) < 4.78 is 0. The van der Waals surface area contributed by atoms with Gasteiger partial charge in [-0.2, -0.15) is 0 Å². The maximum Gasteiger partial charge on any atom is -0.0167 e. The van der Waals surface area contributed by atoms with E-state index in [0.717, 1.165) is 11.6 Å². The summed E-state index contributed by atoms with van der Waals surface area (Å²) in [6.07, 6.45) is 3.00. The van der Waals surface area contributed by atoms with Gasteiger partial charge in [-0.3, -0.25) is 0 Å². The first-order chi connectivity index (χ1) is 4.63. The number of hydrogen-bond acceptors (Lipinski definition) is 0. The molecule has 0 N–H and O–H groups in total. The summed E-state index contributed by atoms with van der Waals surface area (Å²) >= 11 is 0. The summed E-state index contributed by atoms with van der Waals surface area (Å²) in [4.78, 5) is 0. The molecule has 0 spiro atoms. The van der Waals surface area contributed by atoms with Gasteiger partial charge in [-0.05, 0) is 31.1 Å². The van der Waals surface area contributed by atoms with Gasteiger partial charge in [0.05, 0.1) is 0 Å². The summed E-state index contributed by atoms with van der Waals surface area (Å²) in [6.45, 7) is 5.07. The van der Waals surface area contributed by atoms with Gasteiger partial charge in [0.2, 0.25) is 0 Å². The lowest BCUT2D eigenvalue weighted by Gasteiger charge is -2.21. The molecule has 1 fully saturated rings. The van der Waals surface area contributed by atoms with E-state index in [9.17, 15) is 0 Å². The second-order valence-electron chi connectivity index (χ2n) is 3.05. The molecule has 60 valence electrons. The molecule has 0 aromatic rings. The van der Waals surface area contributed by atoms with Crippen LogP contribution in [0, 0.1) is 5.92 Å². The summed E-state index contributed by atoms with van der Waals surface area (Å²) in [7, 11) is 6.38. The lowest BCUT2D eigenvalue weighted by atomic mass is 10.1.